The van der Waals surface area contributed by atoms with E-state index in [0.29, 0.717) is 23.7 Å². The summed E-state index contributed by atoms with van der Waals surface area (Å²) in [6.07, 6.45) is -0.0376. The van der Waals surface area contributed by atoms with Gasteiger partial charge in [-0.05, 0) is 72.6 Å². The molecule has 2 rings (SSSR count). The van der Waals surface area contributed by atoms with Crippen molar-refractivity contribution < 1.29 is 33.3 Å². The van der Waals surface area contributed by atoms with Gasteiger partial charge in [0, 0.05) is 29.4 Å². The van der Waals surface area contributed by atoms with Gasteiger partial charge >= 0.3 is 0 Å². The van der Waals surface area contributed by atoms with Gasteiger partial charge < -0.3 is 29.0 Å². The van der Waals surface area contributed by atoms with Gasteiger partial charge in [-0.25, -0.2) is 0 Å². The first-order valence-corrected chi connectivity index (χ1v) is 14.8. The Hall–Kier alpha value is -2.91. The Morgan fingerprint density at radius 2 is 1.39 bits per heavy atom. The van der Waals surface area contributed by atoms with Crippen molar-refractivity contribution in [3.63, 3.8) is 0 Å². The van der Waals surface area contributed by atoms with E-state index in [1.807, 2.05) is 79.7 Å². The molecule has 8 nitrogen and oxygen atoms in total. The molecule has 0 saturated carbocycles. The minimum Gasteiger partial charge on any atom is -0.496 e. The van der Waals surface area contributed by atoms with E-state index in [9.17, 15) is 9.59 Å². The predicted octanol–water partition coefficient (Wildman–Crippen LogP) is 6.22. The van der Waals surface area contributed by atoms with Gasteiger partial charge in [0.2, 0.25) is 11.0 Å². The maximum atomic E-state index is 13.6. The molecule has 3 atom stereocenters. The highest BCUT2D eigenvalue weighted by Crippen LogP contribution is 2.37. The van der Waals surface area contributed by atoms with Gasteiger partial charge in [0.25, 0.3) is 0 Å². The van der Waals surface area contributed by atoms with E-state index in [4.69, 9.17) is 23.7 Å². The van der Waals surface area contributed by atoms with E-state index in [1.165, 1.54) is 0 Å². The zero-order valence-corrected chi connectivity index (χ0v) is 27.2. The molecule has 2 aromatic carbocycles. The fraction of sp³-hybridized carbons (Fsp3) is 0.562. The Morgan fingerprint density at radius 3 is 1.85 bits per heavy atom. The number of benzene rings is 2. The van der Waals surface area contributed by atoms with E-state index in [0.717, 1.165) is 28.6 Å². The monoisotopic (exact) mass is 589 g/mol. The molecule has 0 aromatic heterocycles. The zero-order chi connectivity index (χ0) is 31.0. The van der Waals surface area contributed by atoms with Crippen LogP contribution in [0.15, 0.2) is 36.4 Å². The minimum absolute atomic E-state index is 0.217. The van der Waals surface area contributed by atoms with Gasteiger partial charge in [0.05, 0.1) is 33.0 Å². The number of hydrogen-bond acceptors (Lipinski definition) is 8. The molecule has 0 heterocycles. The SMILES string of the molecule is COc1cc(OC)c(CSC(=O)[C@@H](NC(=O)[C@@H](C)Cc2ccc(OC(C)(C)C)cc2)[C@@H](C)OC(C)(C)C)c(OC)c1. The number of ether oxygens (including phenoxy) is 5. The molecular formula is C32H47NO7S. The average molecular weight is 590 g/mol. The Labute approximate surface area is 249 Å². The Balaban J connectivity index is 2.18. The third-order valence-corrected chi connectivity index (χ3v) is 7.04. The van der Waals surface area contributed by atoms with Crippen molar-refractivity contribution in [1.29, 1.82) is 0 Å². The van der Waals surface area contributed by atoms with Crippen molar-refractivity contribution in [2.75, 3.05) is 21.3 Å². The van der Waals surface area contributed by atoms with Crippen LogP contribution in [0, 0.1) is 5.92 Å². The van der Waals surface area contributed by atoms with Crippen LogP contribution in [0.5, 0.6) is 23.0 Å². The second kappa shape index (κ2) is 14.8. The average Bonchev–Trinajstić information content (AvgIpc) is 2.88. The van der Waals surface area contributed by atoms with E-state index in [2.05, 4.69) is 5.32 Å². The first-order valence-electron chi connectivity index (χ1n) is 13.8. The van der Waals surface area contributed by atoms with Gasteiger partial charge in [-0.15, -0.1) is 0 Å². The maximum absolute atomic E-state index is 13.6. The highest BCUT2D eigenvalue weighted by atomic mass is 32.2. The van der Waals surface area contributed by atoms with Crippen LogP contribution in [0.25, 0.3) is 0 Å². The van der Waals surface area contributed by atoms with Crippen LogP contribution in [-0.4, -0.2) is 55.7 Å². The molecule has 1 amide bonds. The fourth-order valence-corrected chi connectivity index (χ4v) is 5.24. The highest BCUT2D eigenvalue weighted by Gasteiger charge is 2.32. The Morgan fingerprint density at radius 1 is 0.829 bits per heavy atom. The molecule has 0 aliphatic rings. The van der Waals surface area contributed by atoms with Crippen LogP contribution in [0.4, 0.5) is 0 Å². The van der Waals surface area contributed by atoms with Crippen molar-refractivity contribution in [1.82, 2.24) is 5.32 Å². The fourth-order valence-electron chi connectivity index (χ4n) is 4.24. The summed E-state index contributed by atoms with van der Waals surface area (Å²) in [7, 11) is 4.67. The highest BCUT2D eigenvalue weighted by molar-refractivity contribution is 8.13. The topological polar surface area (TPSA) is 92.3 Å². The Bertz CT molecular complexity index is 1130. The van der Waals surface area contributed by atoms with E-state index >= 15 is 0 Å². The summed E-state index contributed by atoms with van der Waals surface area (Å²) in [5.74, 6) is 2.15. The molecule has 0 bridgehead atoms. The quantitative estimate of drug-likeness (QED) is 0.295. The molecule has 0 saturated heterocycles. The normalized spacial score (nSPS) is 14.0. The van der Waals surface area contributed by atoms with E-state index in [-0.39, 0.29) is 28.3 Å². The summed E-state index contributed by atoms with van der Waals surface area (Å²) in [5.41, 5.74) is 0.932. The Kier molecular flexibility index (Phi) is 12.4. The van der Waals surface area contributed by atoms with Crippen LogP contribution in [0.1, 0.15) is 66.5 Å². The molecule has 0 spiro atoms. The van der Waals surface area contributed by atoms with Crippen LogP contribution in [0.2, 0.25) is 0 Å². The second-order valence-electron chi connectivity index (χ2n) is 12.0. The van der Waals surface area contributed by atoms with Crippen LogP contribution in [-0.2, 0) is 26.5 Å². The first kappa shape index (κ1) is 34.3. The van der Waals surface area contributed by atoms with Crippen molar-refractivity contribution in [2.45, 2.75) is 90.9 Å². The molecule has 1 N–H and O–H groups in total. The summed E-state index contributed by atoms with van der Waals surface area (Å²) in [6.45, 7) is 15.4. The second-order valence-corrected chi connectivity index (χ2v) is 13.0. The minimum atomic E-state index is -0.855. The van der Waals surface area contributed by atoms with Gasteiger partial charge in [-0.2, -0.15) is 0 Å². The number of hydrogen-bond donors (Lipinski definition) is 1. The van der Waals surface area contributed by atoms with E-state index in [1.54, 1.807) is 33.5 Å². The standard InChI is InChI=1S/C32H47NO7S/c1-20(16-22-12-14-23(15-13-22)40-32(6,7)8)29(34)33-28(21(2)39-31(3,4)5)30(35)41-19-25-26(37-10)17-24(36-9)18-27(25)38-11/h12-15,17-18,20-21,28H,16,19H2,1-11H3,(H,33,34)/t20-,21+,28-/m0/s1. The van der Waals surface area contributed by atoms with Crippen molar-refractivity contribution in [2.24, 2.45) is 5.92 Å². The van der Waals surface area contributed by atoms with Gasteiger partial charge in [0.15, 0.2) is 0 Å². The summed E-state index contributed by atoms with van der Waals surface area (Å²) in [4.78, 5) is 26.9. The van der Waals surface area contributed by atoms with Crippen molar-refractivity contribution >= 4 is 22.8 Å². The van der Waals surface area contributed by atoms with Crippen LogP contribution >= 0.6 is 11.8 Å². The lowest BCUT2D eigenvalue weighted by molar-refractivity contribution is -0.133. The lowest BCUT2D eigenvalue weighted by atomic mass is 9.99. The van der Waals surface area contributed by atoms with Gasteiger partial charge in [-0.1, -0.05) is 30.8 Å². The lowest BCUT2D eigenvalue weighted by Gasteiger charge is -2.31. The molecule has 2 aromatic rings. The number of carbonyl (C=O) groups is 2. The molecule has 0 fully saturated rings. The summed E-state index contributed by atoms with van der Waals surface area (Å²) < 4.78 is 28.4. The number of thioether (sulfide) groups is 1. The molecule has 0 radical (unpaired) electrons. The number of rotatable bonds is 13. The number of amides is 1. The zero-order valence-electron chi connectivity index (χ0n) is 26.4. The molecule has 9 heteroatoms. The van der Waals surface area contributed by atoms with Crippen LogP contribution in [0.3, 0.4) is 0 Å². The molecule has 228 valence electrons. The van der Waals surface area contributed by atoms with Gasteiger partial charge in [-0.3, -0.25) is 9.59 Å². The predicted molar refractivity (Wildman–Crippen MR) is 164 cm³/mol. The maximum Gasteiger partial charge on any atom is 0.223 e. The van der Waals surface area contributed by atoms with E-state index < -0.39 is 17.7 Å². The summed E-state index contributed by atoms with van der Waals surface area (Å²) >= 11 is 1.08. The van der Waals surface area contributed by atoms with Gasteiger partial charge in [0.1, 0.15) is 34.6 Å². The molecule has 0 aliphatic carbocycles. The number of carbonyl (C=O) groups excluding carboxylic acids is 2. The smallest absolute Gasteiger partial charge is 0.223 e. The molecule has 41 heavy (non-hydrogen) atoms. The largest absolute Gasteiger partial charge is 0.496 e. The third-order valence-electron chi connectivity index (χ3n) is 6.07. The summed E-state index contributed by atoms with van der Waals surface area (Å²) in [5, 5.41) is 2.76. The van der Waals surface area contributed by atoms with Crippen molar-refractivity contribution in [3.8, 4) is 23.0 Å². The number of nitrogens with one attached hydrogen (secondary N) is 1. The lowest BCUT2D eigenvalue weighted by Crippen LogP contribution is -2.51. The number of methoxy groups -OCH3 is 3. The third kappa shape index (κ3) is 11.1. The summed E-state index contributed by atoms with van der Waals surface area (Å²) in [6, 6.07) is 10.4. The molecule has 0 unspecified atom stereocenters. The van der Waals surface area contributed by atoms with Crippen LogP contribution < -0.4 is 24.3 Å². The molecule has 0 aliphatic heterocycles. The molecular weight excluding hydrogens is 542 g/mol. The first-order chi connectivity index (χ1) is 19.1. The van der Waals surface area contributed by atoms with Crippen molar-refractivity contribution in [3.05, 3.63) is 47.5 Å².